The van der Waals surface area contributed by atoms with E-state index in [4.69, 9.17) is 0 Å². The lowest BCUT2D eigenvalue weighted by Crippen LogP contribution is -2.47. The molecule has 9 nitrogen and oxygen atoms in total. The van der Waals surface area contributed by atoms with Gasteiger partial charge in [0.25, 0.3) is 0 Å². The minimum Gasteiger partial charge on any atom is -0.335 e. The number of halogens is 4. The summed E-state index contributed by atoms with van der Waals surface area (Å²) in [5.41, 5.74) is 0.331. The highest BCUT2D eigenvalue weighted by Gasteiger charge is 2.47. The molecule has 0 spiro atoms. The number of carbonyl (C=O) groups is 2. The Bertz CT molecular complexity index is 1480. The van der Waals surface area contributed by atoms with Gasteiger partial charge in [-0.05, 0) is 47.8 Å². The molecule has 3 aromatic rings. The van der Waals surface area contributed by atoms with Crippen LogP contribution in [0.2, 0.25) is 0 Å². The van der Waals surface area contributed by atoms with Gasteiger partial charge in [0.2, 0.25) is 0 Å². The van der Waals surface area contributed by atoms with Gasteiger partial charge in [0.05, 0.1) is 6.54 Å². The Balaban J connectivity index is 2.11. The summed E-state index contributed by atoms with van der Waals surface area (Å²) in [5.74, 6) is -2.84. The van der Waals surface area contributed by atoms with Crippen molar-refractivity contribution in [3.8, 4) is 11.1 Å². The number of amides is 2. The van der Waals surface area contributed by atoms with Crippen LogP contribution in [0, 0.1) is 18.7 Å². The fourth-order valence-corrected chi connectivity index (χ4v) is 6.73. The Morgan fingerprint density at radius 2 is 1.93 bits per heavy atom. The molecule has 0 atom stereocenters. The Hall–Kier alpha value is -3.46. The van der Waals surface area contributed by atoms with Gasteiger partial charge >= 0.3 is 28.2 Å². The van der Waals surface area contributed by atoms with Crippen molar-refractivity contribution in [3.63, 3.8) is 0 Å². The lowest BCUT2D eigenvalue weighted by Gasteiger charge is -2.21. The molecule has 0 saturated carbocycles. The lowest BCUT2D eigenvalue weighted by molar-refractivity contribution is -0.216. The van der Waals surface area contributed by atoms with Crippen molar-refractivity contribution in [2.75, 3.05) is 6.54 Å². The maximum absolute atomic E-state index is 15.2. The first kappa shape index (κ1) is 31.1. The van der Waals surface area contributed by atoms with E-state index in [0.29, 0.717) is 34.9 Å². The summed E-state index contributed by atoms with van der Waals surface area (Å²) in [6.45, 7) is 7.17. The zero-order valence-electron chi connectivity index (χ0n) is 22.1. The second kappa shape index (κ2) is 12.4. The Labute approximate surface area is 232 Å². The van der Waals surface area contributed by atoms with Crippen molar-refractivity contribution < 1.29 is 40.4 Å². The zero-order chi connectivity index (χ0) is 29.8. The number of thiophene rings is 1. The van der Waals surface area contributed by atoms with Gasteiger partial charge in [-0.15, -0.1) is 11.3 Å². The van der Waals surface area contributed by atoms with Crippen LogP contribution in [0.15, 0.2) is 40.9 Å². The second-order valence-electron chi connectivity index (χ2n) is 9.26. The number of benzene rings is 1. The molecule has 0 aliphatic carbocycles. The Morgan fingerprint density at radius 1 is 1.23 bits per heavy atom. The number of imidazole rings is 1. The van der Waals surface area contributed by atoms with E-state index in [9.17, 15) is 31.2 Å². The molecule has 1 aromatic carbocycles. The number of hydrogen-bond acceptors (Lipinski definition) is 7. The van der Waals surface area contributed by atoms with Crippen molar-refractivity contribution in [1.29, 1.82) is 0 Å². The Morgan fingerprint density at radius 3 is 2.48 bits per heavy atom. The van der Waals surface area contributed by atoms with Crippen molar-refractivity contribution in [2.45, 2.75) is 57.5 Å². The first-order chi connectivity index (χ1) is 18.6. The highest BCUT2D eigenvalue weighted by molar-refractivity contribution is 7.91. The van der Waals surface area contributed by atoms with Crippen molar-refractivity contribution in [2.24, 2.45) is 5.92 Å². The van der Waals surface area contributed by atoms with Crippen LogP contribution in [0.4, 0.5) is 22.4 Å². The molecule has 2 heterocycles. The fourth-order valence-electron chi connectivity index (χ4n) is 3.62. The molecule has 0 unspecified atom stereocenters. The molecule has 40 heavy (non-hydrogen) atoms. The normalized spacial score (nSPS) is 12.0. The molecule has 3 rings (SSSR count). The van der Waals surface area contributed by atoms with E-state index in [1.54, 1.807) is 30.8 Å². The van der Waals surface area contributed by atoms with E-state index in [-0.39, 0.29) is 35.7 Å². The number of nitrogens with one attached hydrogen (secondary N) is 1. The molecule has 0 fully saturated rings. The van der Waals surface area contributed by atoms with E-state index < -0.39 is 42.7 Å². The topological polar surface area (TPSA) is 111 Å². The van der Waals surface area contributed by atoms with E-state index in [0.717, 1.165) is 6.07 Å². The first-order valence-electron chi connectivity index (χ1n) is 12.2. The van der Waals surface area contributed by atoms with Crippen molar-refractivity contribution in [3.05, 3.63) is 58.7 Å². The quantitative estimate of drug-likeness (QED) is 0.257. The van der Waals surface area contributed by atoms with Gasteiger partial charge in [0, 0.05) is 34.9 Å². The molecule has 2 amide bonds. The van der Waals surface area contributed by atoms with Crippen molar-refractivity contribution >= 4 is 33.4 Å². The standard InChI is InChI=1S/C25H28F4N4O5S2/c1-5-8-31-24(35)33(38-23(34)25(27,28)29)40(36,37)22-20(13-19(39-22)11-15(2)3)17-6-7-18(21(26)12-17)14-32-10-9-30-16(32)4/h6-7,9-10,12-13,15H,5,8,11,14H2,1-4H3,(H,31,35). The average molecular weight is 605 g/mol. The Kier molecular flexibility index (Phi) is 9.61. The molecule has 1 N–H and O–H groups in total. The van der Waals surface area contributed by atoms with Crippen LogP contribution in [-0.2, 0) is 32.6 Å². The number of urea groups is 1. The molecule has 0 aliphatic heterocycles. The molecular formula is C25H28F4N4O5S2. The predicted molar refractivity (Wildman–Crippen MR) is 139 cm³/mol. The van der Waals surface area contributed by atoms with Crippen LogP contribution in [0.1, 0.15) is 43.5 Å². The molecule has 218 valence electrons. The number of carbonyl (C=O) groups excluding carboxylic acids is 2. The number of hydroxylamine groups is 1. The monoisotopic (exact) mass is 604 g/mol. The second-order valence-corrected chi connectivity index (χ2v) is 12.3. The molecule has 0 aliphatic rings. The molecule has 15 heteroatoms. The predicted octanol–water partition coefficient (Wildman–Crippen LogP) is 5.44. The summed E-state index contributed by atoms with van der Waals surface area (Å²) in [6.07, 6.45) is -1.64. The van der Waals surface area contributed by atoms with Gasteiger partial charge in [-0.1, -0.05) is 32.9 Å². The minimum absolute atomic E-state index is 0.0544. The molecule has 2 aromatic heterocycles. The van der Waals surface area contributed by atoms with E-state index in [1.807, 2.05) is 13.8 Å². The van der Waals surface area contributed by atoms with E-state index in [1.165, 1.54) is 18.2 Å². The van der Waals surface area contributed by atoms with Crippen LogP contribution in [-0.4, -0.2) is 47.2 Å². The third-order valence-corrected chi connectivity index (χ3v) is 8.73. The van der Waals surface area contributed by atoms with Gasteiger partial charge in [-0.25, -0.2) is 19.0 Å². The maximum atomic E-state index is 15.2. The number of aryl methyl sites for hydroxylation is 1. The number of alkyl halides is 3. The average Bonchev–Trinajstić information content (AvgIpc) is 3.47. The summed E-state index contributed by atoms with van der Waals surface area (Å²) in [4.78, 5) is 32.9. The third kappa shape index (κ3) is 7.18. The SMILES string of the molecule is CCCNC(=O)N(OC(=O)C(F)(F)F)S(=O)(=O)c1sc(CC(C)C)cc1-c1ccc(Cn2ccnc2C)c(F)c1. The molecule has 0 radical (unpaired) electrons. The highest BCUT2D eigenvalue weighted by Crippen LogP contribution is 2.39. The highest BCUT2D eigenvalue weighted by atomic mass is 32.2. The summed E-state index contributed by atoms with van der Waals surface area (Å²) >= 11 is 0.693. The number of hydrogen-bond donors (Lipinski definition) is 1. The van der Waals surface area contributed by atoms with Crippen LogP contribution < -0.4 is 5.32 Å². The maximum Gasteiger partial charge on any atom is 0.493 e. The zero-order valence-corrected chi connectivity index (χ0v) is 23.7. The largest absolute Gasteiger partial charge is 0.493 e. The van der Waals surface area contributed by atoms with Gasteiger partial charge in [-0.3, -0.25) is 0 Å². The van der Waals surface area contributed by atoms with Gasteiger partial charge in [0.1, 0.15) is 11.6 Å². The number of sulfonamides is 1. The van der Waals surface area contributed by atoms with E-state index in [2.05, 4.69) is 15.1 Å². The van der Waals surface area contributed by atoms with Crippen molar-refractivity contribution in [1.82, 2.24) is 19.3 Å². The summed E-state index contributed by atoms with van der Waals surface area (Å²) in [7, 11) is -5.19. The molecule has 0 saturated heterocycles. The van der Waals surface area contributed by atoms with Crippen LogP contribution >= 0.6 is 11.3 Å². The van der Waals surface area contributed by atoms with Gasteiger partial charge in [-0.2, -0.15) is 21.6 Å². The fraction of sp³-hybridized carbons (Fsp3) is 0.400. The number of nitrogens with zero attached hydrogens (tertiary/aromatic N) is 3. The van der Waals surface area contributed by atoms with Gasteiger partial charge in [0.15, 0.2) is 4.21 Å². The summed E-state index contributed by atoms with van der Waals surface area (Å²) < 4.78 is 81.9. The number of rotatable bonds is 9. The summed E-state index contributed by atoms with van der Waals surface area (Å²) in [6, 6.07) is 3.91. The van der Waals surface area contributed by atoms with Crippen LogP contribution in [0.5, 0.6) is 0 Å². The third-order valence-electron chi connectivity index (χ3n) is 5.53. The lowest BCUT2D eigenvalue weighted by atomic mass is 10.0. The minimum atomic E-state index is -5.58. The van der Waals surface area contributed by atoms with Gasteiger partial charge < -0.3 is 14.7 Å². The molecule has 0 bridgehead atoms. The summed E-state index contributed by atoms with van der Waals surface area (Å²) in [5, 5.41) is 2.11. The van der Waals surface area contributed by atoms with Crippen LogP contribution in [0.25, 0.3) is 11.1 Å². The van der Waals surface area contributed by atoms with E-state index >= 15 is 4.39 Å². The van der Waals surface area contributed by atoms with Crippen LogP contribution in [0.3, 0.4) is 0 Å². The number of aromatic nitrogens is 2. The first-order valence-corrected chi connectivity index (χ1v) is 14.4. The molecular weight excluding hydrogens is 576 g/mol. The smallest absolute Gasteiger partial charge is 0.335 e.